The molecule has 0 aliphatic heterocycles. The molecule has 0 aromatic heterocycles. The zero-order valence-electron chi connectivity index (χ0n) is 13.7. The molecular formula is C18H29N3. The summed E-state index contributed by atoms with van der Waals surface area (Å²) in [6.45, 7) is 10.1. The van der Waals surface area contributed by atoms with Crippen LogP contribution in [0.3, 0.4) is 0 Å². The number of hydrogen-bond acceptors (Lipinski definition) is 3. The molecule has 0 unspecified atom stereocenters. The van der Waals surface area contributed by atoms with Crippen molar-refractivity contribution in [2.24, 2.45) is 5.10 Å². The van der Waals surface area contributed by atoms with Gasteiger partial charge in [-0.3, -0.25) is 5.01 Å². The van der Waals surface area contributed by atoms with E-state index in [9.17, 15) is 0 Å². The van der Waals surface area contributed by atoms with E-state index in [2.05, 4.69) is 73.6 Å². The molecule has 0 saturated carbocycles. The topological polar surface area (TPSA) is 27.6 Å². The Hall–Kier alpha value is -1.61. The van der Waals surface area contributed by atoms with Crippen molar-refractivity contribution >= 4 is 5.71 Å². The van der Waals surface area contributed by atoms with E-state index in [1.165, 1.54) is 11.3 Å². The van der Waals surface area contributed by atoms with E-state index in [0.717, 1.165) is 39.0 Å². The Morgan fingerprint density at radius 2 is 2.00 bits per heavy atom. The standard InChI is InChI=1S/C18H29N3/c1-4-7-15-21(16-17-11-9-8-10-12-17)20-18(5-2)13-14-19-6-3/h4,7-12,19H,5-6,13-16H2,1-3H3/b7-4+,20-18+. The highest BCUT2D eigenvalue weighted by Gasteiger charge is 2.04. The molecule has 0 amide bonds. The van der Waals surface area contributed by atoms with Crippen LogP contribution in [0.1, 0.15) is 39.2 Å². The molecule has 0 aliphatic rings. The molecule has 0 radical (unpaired) electrons. The Bertz CT molecular complexity index is 423. The van der Waals surface area contributed by atoms with Crippen LogP contribution in [-0.4, -0.2) is 30.4 Å². The maximum atomic E-state index is 4.86. The summed E-state index contributed by atoms with van der Waals surface area (Å²) in [5, 5.41) is 10.4. The lowest BCUT2D eigenvalue weighted by Gasteiger charge is -2.19. The molecule has 0 heterocycles. The minimum absolute atomic E-state index is 0.857. The van der Waals surface area contributed by atoms with Crippen molar-refractivity contribution in [3.05, 3.63) is 48.0 Å². The van der Waals surface area contributed by atoms with Gasteiger partial charge in [-0.2, -0.15) is 5.10 Å². The molecule has 116 valence electrons. The molecule has 3 heteroatoms. The van der Waals surface area contributed by atoms with Crippen LogP contribution in [0, 0.1) is 0 Å². The van der Waals surface area contributed by atoms with Crippen molar-refractivity contribution in [3.8, 4) is 0 Å². The number of rotatable bonds is 10. The van der Waals surface area contributed by atoms with Gasteiger partial charge in [0.15, 0.2) is 0 Å². The molecule has 1 aromatic rings. The Kier molecular flexibility index (Phi) is 9.21. The lowest BCUT2D eigenvalue weighted by Crippen LogP contribution is -2.22. The molecular weight excluding hydrogens is 258 g/mol. The van der Waals surface area contributed by atoms with Gasteiger partial charge in [-0.15, -0.1) is 0 Å². The highest BCUT2D eigenvalue weighted by molar-refractivity contribution is 5.84. The highest BCUT2D eigenvalue weighted by atomic mass is 15.4. The van der Waals surface area contributed by atoms with Crippen LogP contribution in [0.15, 0.2) is 47.6 Å². The first-order valence-corrected chi connectivity index (χ1v) is 7.97. The van der Waals surface area contributed by atoms with Gasteiger partial charge in [-0.25, -0.2) is 0 Å². The first-order valence-electron chi connectivity index (χ1n) is 7.97. The van der Waals surface area contributed by atoms with Crippen LogP contribution < -0.4 is 5.32 Å². The summed E-state index contributed by atoms with van der Waals surface area (Å²) in [6, 6.07) is 10.5. The second kappa shape index (κ2) is 11.1. The van der Waals surface area contributed by atoms with Crippen molar-refractivity contribution in [2.45, 2.75) is 40.2 Å². The van der Waals surface area contributed by atoms with Gasteiger partial charge < -0.3 is 5.32 Å². The van der Waals surface area contributed by atoms with Gasteiger partial charge in [0.05, 0.1) is 13.1 Å². The summed E-state index contributed by atoms with van der Waals surface area (Å²) in [6.07, 6.45) is 6.26. The lowest BCUT2D eigenvalue weighted by atomic mass is 10.2. The Balaban J connectivity index is 2.70. The summed E-state index contributed by atoms with van der Waals surface area (Å²) in [5.74, 6) is 0. The summed E-state index contributed by atoms with van der Waals surface area (Å²) < 4.78 is 0. The molecule has 1 aromatic carbocycles. The SMILES string of the molecule is C/C=C/CN(Cc1ccccc1)/N=C(\CC)CCNCC. The normalized spacial score (nSPS) is 12.0. The molecule has 1 rings (SSSR count). The first kappa shape index (κ1) is 17.4. The van der Waals surface area contributed by atoms with E-state index in [0.29, 0.717) is 0 Å². The fraction of sp³-hybridized carbons (Fsp3) is 0.500. The third kappa shape index (κ3) is 7.66. The molecule has 0 spiro atoms. The van der Waals surface area contributed by atoms with Crippen LogP contribution in [0.5, 0.6) is 0 Å². The number of hydrogen-bond donors (Lipinski definition) is 1. The molecule has 3 nitrogen and oxygen atoms in total. The largest absolute Gasteiger partial charge is 0.317 e. The summed E-state index contributed by atoms with van der Waals surface area (Å²) >= 11 is 0. The number of allylic oxidation sites excluding steroid dienone is 1. The molecule has 0 fully saturated rings. The maximum absolute atomic E-state index is 4.86. The van der Waals surface area contributed by atoms with Gasteiger partial charge in [0, 0.05) is 12.3 Å². The van der Waals surface area contributed by atoms with Gasteiger partial charge in [0.2, 0.25) is 0 Å². The predicted octanol–water partition coefficient (Wildman–Crippen LogP) is 3.83. The third-order valence-electron chi connectivity index (χ3n) is 3.29. The zero-order valence-corrected chi connectivity index (χ0v) is 13.7. The molecule has 0 bridgehead atoms. The fourth-order valence-corrected chi connectivity index (χ4v) is 2.07. The summed E-state index contributed by atoms with van der Waals surface area (Å²) in [4.78, 5) is 0. The van der Waals surface area contributed by atoms with Crippen LogP contribution in [-0.2, 0) is 6.54 Å². The fourth-order valence-electron chi connectivity index (χ4n) is 2.07. The number of benzene rings is 1. The van der Waals surface area contributed by atoms with Crippen molar-refractivity contribution in [2.75, 3.05) is 19.6 Å². The minimum Gasteiger partial charge on any atom is -0.317 e. The highest BCUT2D eigenvalue weighted by Crippen LogP contribution is 2.07. The van der Waals surface area contributed by atoms with Crippen molar-refractivity contribution in [1.29, 1.82) is 0 Å². The number of nitrogens with zero attached hydrogens (tertiary/aromatic N) is 2. The monoisotopic (exact) mass is 287 g/mol. The van der Waals surface area contributed by atoms with E-state index >= 15 is 0 Å². The molecule has 21 heavy (non-hydrogen) atoms. The van der Waals surface area contributed by atoms with Crippen LogP contribution in [0.2, 0.25) is 0 Å². The molecule has 0 atom stereocenters. The third-order valence-corrected chi connectivity index (χ3v) is 3.29. The second-order valence-corrected chi connectivity index (χ2v) is 5.03. The second-order valence-electron chi connectivity index (χ2n) is 5.03. The Morgan fingerprint density at radius 3 is 2.62 bits per heavy atom. The van der Waals surface area contributed by atoms with Gasteiger partial charge in [0.25, 0.3) is 0 Å². The zero-order chi connectivity index (χ0) is 15.3. The molecule has 0 saturated heterocycles. The van der Waals surface area contributed by atoms with Crippen LogP contribution in [0.4, 0.5) is 0 Å². The van der Waals surface area contributed by atoms with Gasteiger partial charge >= 0.3 is 0 Å². The van der Waals surface area contributed by atoms with Crippen molar-refractivity contribution in [3.63, 3.8) is 0 Å². The average molecular weight is 287 g/mol. The van der Waals surface area contributed by atoms with Crippen molar-refractivity contribution in [1.82, 2.24) is 10.3 Å². The average Bonchev–Trinajstić information content (AvgIpc) is 2.52. The van der Waals surface area contributed by atoms with Gasteiger partial charge in [-0.05, 0) is 31.9 Å². The lowest BCUT2D eigenvalue weighted by molar-refractivity contribution is 0.309. The molecule has 0 aliphatic carbocycles. The van der Waals surface area contributed by atoms with E-state index in [1.807, 2.05) is 0 Å². The van der Waals surface area contributed by atoms with Gasteiger partial charge in [-0.1, -0.05) is 56.3 Å². The van der Waals surface area contributed by atoms with E-state index < -0.39 is 0 Å². The van der Waals surface area contributed by atoms with E-state index in [4.69, 9.17) is 5.10 Å². The van der Waals surface area contributed by atoms with Crippen LogP contribution >= 0.6 is 0 Å². The van der Waals surface area contributed by atoms with E-state index in [1.54, 1.807) is 0 Å². The van der Waals surface area contributed by atoms with Gasteiger partial charge in [0.1, 0.15) is 0 Å². The predicted molar refractivity (Wildman–Crippen MR) is 92.6 cm³/mol. The minimum atomic E-state index is 0.857. The van der Waals surface area contributed by atoms with Crippen LogP contribution in [0.25, 0.3) is 0 Å². The van der Waals surface area contributed by atoms with E-state index in [-0.39, 0.29) is 0 Å². The first-order chi connectivity index (χ1) is 10.3. The Labute approximate surface area is 129 Å². The quantitative estimate of drug-likeness (QED) is 0.306. The van der Waals surface area contributed by atoms with Crippen molar-refractivity contribution < 1.29 is 0 Å². The Morgan fingerprint density at radius 1 is 1.24 bits per heavy atom. The maximum Gasteiger partial charge on any atom is 0.0614 e. The summed E-state index contributed by atoms with van der Waals surface area (Å²) in [7, 11) is 0. The molecule has 1 N–H and O–H groups in total. The number of hydrazone groups is 1. The smallest absolute Gasteiger partial charge is 0.0614 e. The summed E-state index contributed by atoms with van der Waals surface area (Å²) in [5.41, 5.74) is 2.56. The number of nitrogens with one attached hydrogen (secondary N) is 1.